The lowest BCUT2D eigenvalue weighted by atomic mass is 10.0. The van der Waals surface area contributed by atoms with Crippen molar-refractivity contribution in [2.45, 2.75) is 26.2 Å². The number of allylic oxidation sites excluding steroid dienone is 2. The molecule has 3 rings (SSSR count). The van der Waals surface area contributed by atoms with Crippen LogP contribution in [0.2, 0.25) is 0 Å². The molecular weight excluding hydrogens is 332 g/mol. The number of rotatable bonds is 7. The number of aryl methyl sites for hydroxylation is 2. The first-order chi connectivity index (χ1) is 13.0. The van der Waals surface area contributed by atoms with Gasteiger partial charge in [-0.05, 0) is 43.0 Å². The van der Waals surface area contributed by atoms with Gasteiger partial charge in [0.15, 0.2) is 0 Å². The van der Waals surface area contributed by atoms with Crippen molar-refractivity contribution >= 4 is 5.69 Å². The van der Waals surface area contributed by atoms with E-state index >= 15 is 0 Å². The molecule has 0 aliphatic carbocycles. The Morgan fingerprint density at radius 2 is 1.63 bits per heavy atom. The second kappa shape index (κ2) is 8.76. The zero-order valence-electron chi connectivity index (χ0n) is 16.3. The lowest BCUT2D eigenvalue weighted by molar-refractivity contribution is 0.323. The van der Waals surface area contributed by atoms with E-state index in [-0.39, 0.29) is 0 Å². The molecular formula is C23H30N4. The highest BCUT2D eigenvalue weighted by Crippen LogP contribution is 2.18. The van der Waals surface area contributed by atoms with Crippen molar-refractivity contribution in [3.8, 4) is 0 Å². The predicted molar refractivity (Wildman–Crippen MR) is 114 cm³/mol. The topological polar surface area (TPSA) is 45.4 Å². The minimum absolute atomic E-state index is 0.702. The molecule has 2 N–H and O–H groups in total. The fourth-order valence-corrected chi connectivity index (χ4v) is 3.46. The molecule has 1 fully saturated rings. The maximum Gasteiger partial charge on any atom is 0.0554 e. The first kappa shape index (κ1) is 19.0. The van der Waals surface area contributed by atoms with Gasteiger partial charge in [-0.3, -0.25) is 4.98 Å². The molecule has 0 unspecified atom stereocenters. The number of piperazine rings is 1. The Morgan fingerprint density at radius 1 is 0.963 bits per heavy atom. The number of nitrogens with zero attached hydrogens (tertiary/aromatic N) is 3. The minimum Gasteiger partial charge on any atom is -0.402 e. The summed E-state index contributed by atoms with van der Waals surface area (Å²) >= 11 is 0. The third kappa shape index (κ3) is 5.36. The van der Waals surface area contributed by atoms with E-state index in [2.05, 4.69) is 71.3 Å². The molecule has 4 nitrogen and oxygen atoms in total. The summed E-state index contributed by atoms with van der Waals surface area (Å²) in [5, 5.41) is 0. The van der Waals surface area contributed by atoms with Crippen molar-refractivity contribution in [2.24, 2.45) is 5.73 Å². The van der Waals surface area contributed by atoms with E-state index in [1.165, 1.54) is 16.8 Å². The van der Waals surface area contributed by atoms with Crippen LogP contribution in [0.15, 0.2) is 67.1 Å². The number of hydrogen-bond donors (Lipinski definition) is 1. The molecule has 142 valence electrons. The van der Waals surface area contributed by atoms with Crippen molar-refractivity contribution in [3.05, 3.63) is 84.0 Å². The van der Waals surface area contributed by atoms with Crippen LogP contribution in [0.5, 0.6) is 0 Å². The number of nitrogens with two attached hydrogens (primary N) is 1. The monoisotopic (exact) mass is 362 g/mol. The summed E-state index contributed by atoms with van der Waals surface area (Å²) in [6, 6.07) is 13.0. The highest BCUT2D eigenvalue weighted by molar-refractivity contribution is 5.45. The fraction of sp³-hybridized carbons (Fsp3) is 0.348. The second-order valence-electron chi connectivity index (χ2n) is 7.37. The Hall–Kier alpha value is -2.75. The van der Waals surface area contributed by atoms with E-state index < -0.39 is 0 Å². The summed E-state index contributed by atoms with van der Waals surface area (Å²) in [5.41, 5.74) is 12.4. The molecule has 0 radical (unpaired) electrons. The van der Waals surface area contributed by atoms with Crippen molar-refractivity contribution in [2.75, 3.05) is 31.1 Å². The molecule has 1 aromatic heterocycles. The van der Waals surface area contributed by atoms with Gasteiger partial charge in [0.05, 0.1) is 11.9 Å². The van der Waals surface area contributed by atoms with E-state index in [0.717, 1.165) is 56.8 Å². The summed E-state index contributed by atoms with van der Waals surface area (Å²) < 4.78 is 0. The van der Waals surface area contributed by atoms with Gasteiger partial charge < -0.3 is 15.5 Å². The fourth-order valence-electron chi connectivity index (χ4n) is 3.46. The van der Waals surface area contributed by atoms with Crippen LogP contribution in [-0.2, 0) is 19.3 Å². The van der Waals surface area contributed by atoms with Gasteiger partial charge in [0, 0.05) is 49.7 Å². The highest BCUT2D eigenvalue weighted by atomic mass is 15.3. The van der Waals surface area contributed by atoms with E-state index in [9.17, 15) is 0 Å². The van der Waals surface area contributed by atoms with Gasteiger partial charge in [-0.1, -0.05) is 37.4 Å². The summed E-state index contributed by atoms with van der Waals surface area (Å²) in [4.78, 5) is 9.42. The molecule has 4 heteroatoms. The maximum atomic E-state index is 5.67. The third-order valence-electron chi connectivity index (χ3n) is 5.12. The van der Waals surface area contributed by atoms with Gasteiger partial charge >= 0.3 is 0 Å². The first-order valence-corrected chi connectivity index (χ1v) is 9.62. The van der Waals surface area contributed by atoms with Crippen LogP contribution in [0.1, 0.15) is 23.7 Å². The van der Waals surface area contributed by atoms with Crippen molar-refractivity contribution < 1.29 is 0 Å². The third-order valence-corrected chi connectivity index (χ3v) is 5.12. The minimum atomic E-state index is 0.702. The van der Waals surface area contributed by atoms with Gasteiger partial charge in [-0.15, -0.1) is 0 Å². The number of pyridine rings is 1. The lowest BCUT2D eigenvalue weighted by Gasteiger charge is -2.37. The van der Waals surface area contributed by atoms with Crippen LogP contribution < -0.4 is 10.6 Å². The molecule has 0 saturated carbocycles. The van der Waals surface area contributed by atoms with Crippen molar-refractivity contribution in [3.63, 3.8) is 0 Å². The maximum absolute atomic E-state index is 5.67. The molecule has 2 aromatic rings. The molecule has 1 saturated heterocycles. The van der Waals surface area contributed by atoms with Crippen LogP contribution >= 0.6 is 0 Å². The van der Waals surface area contributed by atoms with E-state index in [0.29, 0.717) is 5.70 Å². The van der Waals surface area contributed by atoms with Crippen LogP contribution in [0.25, 0.3) is 0 Å². The molecule has 1 aliphatic rings. The van der Waals surface area contributed by atoms with Gasteiger partial charge in [0.1, 0.15) is 0 Å². The van der Waals surface area contributed by atoms with Crippen LogP contribution in [0, 0.1) is 0 Å². The SMILES string of the molecule is C=C(N)Cc1ccc(CCc2ccc(N3CCN(C(=C)C)CC3)cn2)cc1. The Morgan fingerprint density at radius 3 is 2.19 bits per heavy atom. The number of aromatic nitrogens is 1. The van der Waals surface area contributed by atoms with Crippen molar-refractivity contribution in [1.82, 2.24) is 9.88 Å². The molecule has 1 aromatic carbocycles. The first-order valence-electron chi connectivity index (χ1n) is 9.62. The molecule has 27 heavy (non-hydrogen) atoms. The van der Waals surface area contributed by atoms with Crippen LogP contribution in [0.3, 0.4) is 0 Å². The van der Waals surface area contributed by atoms with E-state index in [4.69, 9.17) is 5.73 Å². The largest absolute Gasteiger partial charge is 0.402 e. The Balaban J connectivity index is 1.51. The molecule has 0 amide bonds. The number of hydrogen-bond acceptors (Lipinski definition) is 4. The summed E-state index contributed by atoms with van der Waals surface area (Å²) in [6.45, 7) is 14.0. The Bertz CT molecular complexity index is 769. The van der Waals surface area contributed by atoms with Gasteiger partial charge in [0.25, 0.3) is 0 Å². The van der Waals surface area contributed by atoms with Crippen LogP contribution in [0.4, 0.5) is 5.69 Å². The highest BCUT2D eigenvalue weighted by Gasteiger charge is 2.16. The average Bonchev–Trinajstić information content (AvgIpc) is 2.67. The van der Waals surface area contributed by atoms with E-state index in [1.54, 1.807) is 0 Å². The average molecular weight is 363 g/mol. The molecule has 0 atom stereocenters. The summed E-state index contributed by atoms with van der Waals surface area (Å²) in [5.74, 6) is 0. The number of benzene rings is 1. The summed E-state index contributed by atoms with van der Waals surface area (Å²) in [7, 11) is 0. The smallest absolute Gasteiger partial charge is 0.0554 e. The van der Waals surface area contributed by atoms with E-state index in [1.807, 2.05) is 6.20 Å². The molecule has 1 aliphatic heterocycles. The lowest BCUT2D eigenvalue weighted by Crippen LogP contribution is -2.45. The predicted octanol–water partition coefficient (Wildman–Crippen LogP) is 3.54. The van der Waals surface area contributed by atoms with Gasteiger partial charge in [-0.2, -0.15) is 0 Å². The molecule has 2 heterocycles. The van der Waals surface area contributed by atoms with Gasteiger partial charge in [0.2, 0.25) is 0 Å². The molecule has 0 spiro atoms. The second-order valence-corrected chi connectivity index (χ2v) is 7.37. The molecule has 0 bridgehead atoms. The van der Waals surface area contributed by atoms with Crippen molar-refractivity contribution in [1.29, 1.82) is 0 Å². The normalized spacial score (nSPS) is 14.3. The Kier molecular flexibility index (Phi) is 6.17. The summed E-state index contributed by atoms with van der Waals surface area (Å²) in [6.07, 6.45) is 4.70. The zero-order chi connectivity index (χ0) is 19.2. The number of anilines is 1. The van der Waals surface area contributed by atoms with Gasteiger partial charge in [-0.25, -0.2) is 0 Å². The zero-order valence-corrected chi connectivity index (χ0v) is 16.3. The van der Waals surface area contributed by atoms with Crippen LogP contribution in [-0.4, -0.2) is 36.1 Å². The quantitative estimate of drug-likeness (QED) is 0.818. The Labute approximate surface area is 163 Å². The standard InChI is InChI=1S/C23H30N4/c1-18(2)26-12-14-27(15-13-26)23-11-10-22(25-17-23)9-8-20-4-6-21(7-5-20)16-19(3)24/h4-7,10-11,17H,1,3,8-9,12-16,24H2,2H3.